The fraction of sp³-hybridized carbons (Fsp3) is 0.538. The van der Waals surface area contributed by atoms with Crippen molar-refractivity contribution < 1.29 is 4.84 Å². The molecule has 1 saturated carbocycles. The number of nitrogens with zero attached hydrogens (tertiary/aromatic N) is 1. The van der Waals surface area contributed by atoms with E-state index in [-0.39, 0.29) is 0 Å². The second-order valence-corrected chi connectivity index (χ2v) is 4.61. The van der Waals surface area contributed by atoms with Crippen LogP contribution in [0.4, 0.5) is 0 Å². The number of hydrogen-bond acceptors (Lipinski definition) is 2. The molecule has 80 valence electrons. The molecule has 1 heterocycles. The van der Waals surface area contributed by atoms with E-state index in [0.717, 1.165) is 19.1 Å². The Labute approximate surface area is 90.8 Å². The summed E-state index contributed by atoms with van der Waals surface area (Å²) < 4.78 is 0. The van der Waals surface area contributed by atoms with Gasteiger partial charge in [-0.3, -0.25) is 4.84 Å². The fourth-order valence-corrected chi connectivity index (χ4v) is 2.80. The van der Waals surface area contributed by atoms with Crippen molar-refractivity contribution >= 4 is 0 Å². The minimum atomic E-state index is 0.685. The van der Waals surface area contributed by atoms with Crippen LogP contribution in [0.5, 0.6) is 0 Å². The van der Waals surface area contributed by atoms with E-state index in [1.54, 1.807) is 0 Å². The molecule has 0 radical (unpaired) electrons. The number of rotatable bonds is 2. The van der Waals surface area contributed by atoms with Crippen molar-refractivity contribution in [2.75, 3.05) is 6.61 Å². The van der Waals surface area contributed by atoms with Crippen LogP contribution in [0.25, 0.3) is 0 Å². The van der Waals surface area contributed by atoms with Crippen LogP contribution in [0.15, 0.2) is 30.3 Å². The van der Waals surface area contributed by atoms with Gasteiger partial charge in [-0.1, -0.05) is 36.8 Å². The van der Waals surface area contributed by atoms with Crippen LogP contribution in [0.1, 0.15) is 24.8 Å². The minimum absolute atomic E-state index is 0.685. The zero-order valence-corrected chi connectivity index (χ0v) is 8.93. The smallest absolute Gasteiger partial charge is 0.0729 e. The highest BCUT2D eigenvalue weighted by atomic mass is 16.7. The van der Waals surface area contributed by atoms with Crippen LogP contribution in [-0.2, 0) is 11.4 Å². The molecular formula is C13H17NO. The molecule has 1 aromatic rings. The van der Waals surface area contributed by atoms with Gasteiger partial charge in [0.2, 0.25) is 0 Å². The molecule has 0 aromatic heterocycles. The summed E-state index contributed by atoms with van der Waals surface area (Å²) >= 11 is 0. The van der Waals surface area contributed by atoms with Gasteiger partial charge in [-0.25, -0.2) is 0 Å². The van der Waals surface area contributed by atoms with Gasteiger partial charge in [-0.05, 0) is 18.4 Å². The molecular weight excluding hydrogens is 186 g/mol. The fourth-order valence-electron chi connectivity index (χ4n) is 2.80. The van der Waals surface area contributed by atoms with Gasteiger partial charge in [0.1, 0.15) is 0 Å². The van der Waals surface area contributed by atoms with Gasteiger partial charge in [0.15, 0.2) is 0 Å². The molecule has 2 heteroatoms. The Hall–Kier alpha value is -0.860. The van der Waals surface area contributed by atoms with E-state index < -0.39 is 0 Å². The van der Waals surface area contributed by atoms with E-state index in [1.165, 1.54) is 24.8 Å². The summed E-state index contributed by atoms with van der Waals surface area (Å²) in [7, 11) is 0. The average Bonchev–Trinajstić information content (AvgIpc) is 2.85. The third-order valence-corrected chi connectivity index (χ3v) is 3.62. The van der Waals surface area contributed by atoms with Gasteiger partial charge in [-0.15, -0.1) is 0 Å². The number of hydrogen-bond donors (Lipinski definition) is 0. The summed E-state index contributed by atoms with van der Waals surface area (Å²) in [4.78, 5) is 5.76. The maximum atomic E-state index is 5.76. The van der Waals surface area contributed by atoms with Gasteiger partial charge in [0.25, 0.3) is 0 Å². The van der Waals surface area contributed by atoms with Crippen LogP contribution < -0.4 is 0 Å². The summed E-state index contributed by atoms with van der Waals surface area (Å²) in [6, 6.07) is 11.3. The summed E-state index contributed by atoms with van der Waals surface area (Å²) in [6.07, 6.45) is 4.05. The number of benzene rings is 1. The van der Waals surface area contributed by atoms with Gasteiger partial charge >= 0.3 is 0 Å². The Kier molecular flexibility index (Phi) is 2.47. The maximum Gasteiger partial charge on any atom is 0.0729 e. The van der Waals surface area contributed by atoms with Crippen molar-refractivity contribution in [3.8, 4) is 0 Å². The highest BCUT2D eigenvalue weighted by molar-refractivity contribution is 5.14. The lowest BCUT2D eigenvalue weighted by Gasteiger charge is -2.21. The Morgan fingerprint density at radius 2 is 2.07 bits per heavy atom. The van der Waals surface area contributed by atoms with E-state index in [1.807, 2.05) is 0 Å². The lowest BCUT2D eigenvalue weighted by molar-refractivity contribution is -0.140. The zero-order chi connectivity index (χ0) is 10.1. The number of fused-ring (bicyclic) bond motifs is 1. The third kappa shape index (κ3) is 1.80. The van der Waals surface area contributed by atoms with Crippen molar-refractivity contribution in [2.45, 2.75) is 31.8 Å². The van der Waals surface area contributed by atoms with Crippen molar-refractivity contribution in [2.24, 2.45) is 5.92 Å². The standard InChI is InChI=1S/C13H17NO/c1-2-5-11(6-3-1)9-14-13-8-4-7-12(13)10-15-14/h1-3,5-6,12-13H,4,7-10H2. The van der Waals surface area contributed by atoms with Gasteiger partial charge in [-0.2, -0.15) is 5.06 Å². The van der Waals surface area contributed by atoms with Gasteiger partial charge in [0, 0.05) is 18.5 Å². The normalized spacial score (nSPS) is 30.7. The highest BCUT2D eigenvalue weighted by Gasteiger charge is 2.38. The van der Waals surface area contributed by atoms with E-state index in [2.05, 4.69) is 35.4 Å². The Bertz CT molecular complexity index is 325. The molecule has 0 spiro atoms. The molecule has 0 N–H and O–H groups in total. The molecule has 3 rings (SSSR count). The largest absolute Gasteiger partial charge is 0.298 e. The lowest BCUT2D eigenvalue weighted by atomic mass is 10.1. The molecule has 1 aliphatic heterocycles. The molecule has 2 fully saturated rings. The first-order valence-corrected chi connectivity index (χ1v) is 5.87. The van der Waals surface area contributed by atoms with Crippen molar-refractivity contribution in [1.29, 1.82) is 0 Å². The molecule has 2 nitrogen and oxygen atoms in total. The van der Waals surface area contributed by atoms with Crippen LogP contribution >= 0.6 is 0 Å². The summed E-state index contributed by atoms with van der Waals surface area (Å²) in [6.45, 7) is 1.89. The molecule has 0 bridgehead atoms. The second kappa shape index (κ2) is 3.95. The monoisotopic (exact) mass is 203 g/mol. The summed E-state index contributed by atoms with van der Waals surface area (Å²) in [5, 5.41) is 2.20. The average molecular weight is 203 g/mol. The molecule has 1 aliphatic carbocycles. The highest BCUT2D eigenvalue weighted by Crippen LogP contribution is 2.36. The third-order valence-electron chi connectivity index (χ3n) is 3.62. The molecule has 0 amide bonds. The van der Waals surface area contributed by atoms with Crippen LogP contribution in [0.3, 0.4) is 0 Å². The van der Waals surface area contributed by atoms with Crippen LogP contribution in [0.2, 0.25) is 0 Å². The Balaban J connectivity index is 1.69. The van der Waals surface area contributed by atoms with Crippen LogP contribution in [0, 0.1) is 5.92 Å². The topological polar surface area (TPSA) is 12.5 Å². The van der Waals surface area contributed by atoms with E-state index in [0.29, 0.717) is 6.04 Å². The van der Waals surface area contributed by atoms with Crippen molar-refractivity contribution in [3.63, 3.8) is 0 Å². The first kappa shape index (κ1) is 9.37. The summed E-state index contributed by atoms with van der Waals surface area (Å²) in [5.41, 5.74) is 1.35. The quantitative estimate of drug-likeness (QED) is 0.732. The molecule has 2 aliphatic rings. The minimum Gasteiger partial charge on any atom is -0.298 e. The maximum absolute atomic E-state index is 5.76. The molecule has 2 unspecified atom stereocenters. The molecule has 1 aromatic carbocycles. The summed E-state index contributed by atoms with van der Waals surface area (Å²) in [5.74, 6) is 0.800. The van der Waals surface area contributed by atoms with Gasteiger partial charge in [0.05, 0.1) is 6.61 Å². The molecule has 15 heavy (non-hydrogen) atoms. The van der Waals surface area contributed by atoms with Crippen LogP contribution in [-0.4, -0.2) is 17.7 Å². The van der Waals surface area contributed by atoms with E-state index in [4.69, 9.17) is 4.84 Å². The predicted octanol–water partition coefficient (Wildman–Crippen LogP) is 2.60. The van der Waals surface area contributed by atoms with E-state index >= 15 is 0 Å². The van der Waals surface area contributed by atoms with Crippen molar-refractivity contribution in [1.82, 2.24) is 5.06 Å². The predicted molar refractivity (Wildman–Crippen MR) is 59.1 cm³/mol. The zero-order valence-electron chi connectivity index (χ0n) is 8.93. The van der Waals surface area contributed by atoms with Crippen molar-refractivity contribution in [3.05, 3.63) is 35.9 Å². The molecule has 1 saturated heterocycles. The van der Waals surface area contributed by atoms with Gasteiger partial charge < -0.3 is 0 Å². The second-order valence-electron chi connectivity index (χ2n) is 4.61. The Morgan fingerprint density at radius 3 is 2.93 bits per heavy atom. The SMILES string of the molecule is c1ccc(CN2OCC3CCCC32)cc1. The first-order chi connectivity index (χ1) is 7.43. The number of hydroxylamine groups is 2. The Morgan fingerprint density at radius 1 is 1.20 bits per heavy atom. The first-order valence-electron chi connectivity index (χ1n) is 5.87. The van der Waals surface area contributed by atoms with E-state index in [9.17, 15) is 0 Å². The molecule has 2 atom stereocenters. The lowest BCUT2D eigenvalue weighted by Crippen LogP contribution is -2.28.